The van der Waals surface area contributed by atoms with Crippen molar-refractivity contribution in [2.24, 2.45) is 0 Å². The smallest absolute Gasteiger partial charge is 0.407 e. The van der Waals surface area contributed by atoms with Crippen molar-refractivity contribution in [2.75, 3.05) is 25.6 Å². The highest BCUT2D eigenvalue weighted by Gasteiger charge is 2.22. The molecule has 39 heavy (non-hydrogen) atoms. The van der Waals surface area contributed by atoms with E-state index in [-0.39, 0.29) is 13.0 Å². The number of carbonyl (C=O) groups is 2. The number of hydrogen-bond acceptors (Lipinski definition) is 8. The molecule has 0 saturated carbocycles. The van der Waals surface area contributed by atoms with Gasteiger partial charge in [0.1, 0.15) is 5.75 Å². The standard InChI is InChI=1S/C28H30N6O5/c1-38-28(37)31-15-18-11-19(16-29-14-18)26(13-27(35)36)34-25-7-5-22(12-20(25)17-32-34)39-10-8-21-4-6-23-24(33-21)3-2-9-30-23/h4-7,11-12,14,16-17,26,30H,2-3,8-10,13,15H2,1H3,(H,31,37)(H,35,36)/t26-/m1/s1. The molecule has 1 aromatic carbocycles. The zero-order chi connectivity index (χ0) is 27.2. The molecular formula is C28H30N6O5. The molecule has 4 heterocycles. The fraction of sp³-hybridized carbons (Fsp3) is 0.321. The van der Waals surface area contributed by atoms with E-state index in [4.69, 9.17) is 9.72 Å². The molecule has 11 nitrogen and oxygen atoms in total. The van der Waals surface area contributed by atoms with E-state index >= 15 is 0 Å². The molecule has 1 aliphatic rings. The highest BCUT2D eigenvalue weighted by Crippen LogP contribution is 2.29. The molecule has 11 heteroatoms. The minimum atomic E-state index is -0.965. The van der Waals surface area contributed by atoms with Crippen molar-refractivity contribution in [1.82, 2.24) is 25.1 Å². The molecule has 5 rings (SSSR count). The first kappa shape index (κ1) is 26.0. The average molecular weight is 531 g/mol. The molecule has 202 valence electrons. The van der Waals surface area contributed by atoms with Crippen molar-refractivity contribution in [2.45, 2.75) is 38.3 Å². The molecule has 1 atom stereocenters. The van der Waals surface area contributed by atoms with Crippen molar-refractivity contribution in [3.8, 4) is 5.75 Å². The summed E-state index contributed by atoms with van der Waals surface area (Å²) in [7, 11) is 1.29. The Hall–Kier alpha value is -4.67. The van der Waals surface area contributed by atoms with Gasteiger partial charge in [-0.15, -0.1) is 0 Å². The first-order valence-corrected chi connectivity index (χ1v) is 12.8. The van der Waals surface area contributed by atoms with E-state index in [9.17, 15) is 14.7 Å². The van der Waals surface area contributed by atoms with Crippen LogP contribution in [0.4, 0.5) is 10.5 Å². The number of nitrogens with one attached hydrogen (secondary N) is 2. The summed E-state index contributed by atoms with van der Waals surface area (Å²) in [5, 5.41) is 21.0. The van der Waals surface area contributed by atoms with Crippen LogP contribution in [0.15, 0.2) is 55.0 Å². The number of aliphatic carboxylic acids is 1. The van der Waals surface area contributed by atoms with Crippen LogP contribution in [0.3, 0.4) is 0 Å². The molecule has 3 N–H and O–H groups in total. The second kappa shape index (κ2) is 11.8. The maximum Gasteiger partial charge on any atom is 0.407 e. The number of anilines is 1. The molecule has 4 aromatic rings. The molecule has 0 fully saturated rings. The summed E-state index contributed by atoms with van der Waals surface area (Å²) in [5.41, 5.74) is 5.39. The SMILES string of the molecule is COC(=O)NCc1cncc([C@@H](CC(=O)O)n2ncc3cc(OCCc4ccc5c(n4)CCCN5)ccc32)c1. The minimum Gasteiger partial charge on any atom is -0.493 e. The van der Waals surface area contributed by atoms with Gasteiger partial charge < -0.3 is 25.2 Å². The number of carboxylic acid groups (broad SMARTS) is 1. The lowest BCUT2D eigenvalue weighted by Gasteiger charge is -2.18. The van der Waals surface area contributed by atoms with Crippen LogP contribution in [0, 0.1) is 0 Å². The molecule has 3 aromatic heterocycles. The summed E-state index contributed by atoms with van der Waals surface area (Å²) in [5.74, 6) is -0.262. The lowest BCUT2D eigenvalue weighted by Crippen LogP contribution is -2.23. The summed E-state index contributed by atoms with van der Waals surface area (Å²) in [4.78, 5) is 32.2. The third-order valence-corrected chi connectivity index (χ3v) is 6.62. The predicted octanol–water partition coefficient (Wildman–Crippen LogP) is 3.73. The van der Waals surface area contributed by atoms with Crippen LogP contribution in [0.5, 0.6) is 5.75 Å². The van der Waals surface area contributed by atoms with Gasteiger partial charge >= 0.3 is 12.1 Å². The van der Waals surface area contributed by atoms with Crippen LogP contribution in [0.2, 0.25) is 0 Å². The van der Waals surface area contributed by atoms with Crippen molar-refractivity contribution >= 4 is 28.7 Å². The Morgan fingerprint density at radius 1 is 1.18 bits per heavy atom. The molecule has 0 saturated heterocycles. The van der Waals surface area contributed by atoms with E-state index in [1.165, 1.54) is 7.11 Å². The number of aromatic nitrogens is 4. The lowest BCUT2D eigenvalue weighted by molar-refractivity contribution is -0.137. The number of pyridine rings is 2. The summed E-state index contributed by atoms with van der Waals surface area (Å²) in [6.45, 7) is 1.68. The normalized spacial score (nSPS) is 13.3. The first-order chi connectivity index (χ1) is 19.0. The van der Waals surface area contributed by atoms with Crippen LogP contribution in [-0.4, -0.2) is 57.2 Å². The summed E-state index contributed by atoms with van der Waals surface area (Å²) >= 11 is 0. The van der Waals surface area contributed by atoms with Crippen LogP contribution in [0.1, 0.15) is 41.4 Å². The van der Waals surface area contributed by atoms with Gasteiger partial charge in [0.05, 0.1) is 49.3 Å². The number of rotatable bonds is 10. The van der Waals surface area contributed by atoms with Gasteiger partial charge in [0.25, 0.3) is 0 Å². The Bertz CT molecular complexity index is 1490. The van der Waals surface area contributed by atoms with Gasteiger partial charge in [-0.25, -0.2) is 4.79 Å². The molecule has 0 radical (unpaired) electrons. The Morgan fingerprint density at radius 2 is 2.08 bits per heavy atom. The predicted molar refractivity (Wildman–Crippen MR) is 144 cm³/mol. The summed E-state index contributed by atoms with van der Waals surface area (Å²) < 4.78 is 12.3. The second-order valence-electron chi connectivity index (χ2n) is 9.32. The van der Waals surface area contributed by atoms with Crippen molar-refractivity contribution in [3.05, 3.63) is 77.5 Å². The number of ether oxygens (including phenoxy) is 2. The Balaban J connectivity index is 1.30. The van der Waals surface area contributed by atoms with Crippen LogP contribution in [0.25, 0.3) is 10.9 Å². The van der Waals surface area contributed by atoms with Crippen LogP contribution in [-0.2, 0) is 28.9 Å². The van der Waals surface area contributed by atoms with E-state index in [2.05, 4.69) is 31.5 Å². The number of carbonyl (C=O) groups excluding carboxylic acids is 1. The number of carboxylic acids is 1. The number of aryl methyl sites for hydroxylation is 1. The number of benzene rings is 1. The quantitative estimate of drug-likeness (QED) is 0.280. The maximum atomic E-state index is 11.8. The fourth-order valence-electron chi connectivity index (χ4n) is 4.70. The average Bonchev–Trinajstić information content (AvgIpc) is 3.37. The highest BCUT2D eigenvalue weighted by molar-refractivity contribution is 5.81. The van der Waals surface area contributed by atoms with Gasteiger partial charge in [-0.1, -0.05) is 0 Å². The molecule has 0 aliphatic carbocycles. The monoisotopic (exact) mass is 530 g/mol. The van der Waals surface area contributed by atoms with Gasteiger partial charge in [0.2, 0.25) is 0 Å². The van der Waals surface area contributed by atoms with E-state index < -0.39 is 18.1 Å². The molecule has 0 unspecified atom stereocenters. The number of methoxy groups -OCH3 is 1. The summed E-state index contributed by atoms with van der Waals surface area (Å²) in [6, 6.07) is 11.0. The first-order valence-electron chi connectivity index (χ1n) is 12.8. The Kier molecular flexibility index (Phi) is 7.86. The number of nitrogens with zero attached hydrogens (tertiary/aromatic N) is 4. The number of hydrogen-bond donors (Lipinski definition) is 3. The highest BCUT2D eigenvalue weighted by atomic mass is 16.5. The van der Waals surface area contributed by atoms with E-state index in [1.54, 1.807) is 23.3 Å². The van der Waals surface area contributed by atoms with E-state index in [1.807, 2.05) is 30.3 Å². The van der Waals surface area contributed by atoms with Gasteiger partial charge in [-0.05, 0) is 60.4 Å². The fourth-order valence-corrected chi connectivity index (χ4v) is 4.70. The van der Waals surface area contributed by atoms with Gasteiger partial charge in [-0.2, -0.15) is 5.10 Å². The maximum absolute atomic E-state index is 11.8. The largest absolute Gasteiger partial charge is 0.493 e. The Morgan fingerprint density at radius 3 is 2.92 bits per heavy atom. The molecule has 1 amide bonds. The third-order valence-electron chi connectivity index (χ3n) is 6.62. The van der Waals surface area contributed by atoms with Crippen molar-refractivity contribution < 1.29 is 24.2 Å². The van der Waals surface area contributed by atoms with Crippen molar-refractivity contribution in [1.29, 1.82) is 0 Å². The number of fused-ring (bicyclic) bond motifs is 2. The van der Waals surface area contributed by atoms with E-state index in [0.717, 1.165) is 47.4 Å². The molecular weight excluding hydrogens is 500 g/mol. The van der Waals surface area contributed by atoms with Gasteiger partial charge in [0.15, 0.2) is 0 Å². The van der Waals surface area contributed by atoms with Crippen LogP contribution >= 0.6 is 0 Å². The minimum absolute atomic E-state index is 0.187. The topological polar surface area (TPSA) is 140 Å². The zero-order valence-corrected chi connectivity index (χ0v) is 21.6. The third kappa shape index (κ3) is 6.25. The zero-order valence-electron chi connectivity index (χ0n) is 21.6. The molecule has 1 aliphatic heterocycles. The number of alkyl carbamates (subject to hydrolysis) is 1. The van der Waals surface area contributed by atoms with Crippen LogP contribution < -0.4 is 15.4 Å². The second-order valence-corrected chi connectivity index (χ2v) is 9.32. The Labute approximate surface area is 225 Å². The molecule has 0 spiro atoms. The summed E-state index contributed by atoms with van der Waals surface area (Å²) in [6.07, 6.45) is 6.96. The van der Waals surface area contributed by atoms with Gasteiger partial charge in [-0.3, -0.25) is 19.4 Å². The van der Waals surface area contributed by atoms with E-state index in [0.29, 0.717) is 29.9 Å². The lowest BCUT2D eigenvalue weighted by atomic mass is 10.0. The van der Waals surface area contributed by atoms with Gasteiger partial charge in [0, 0.05) is 43.0 Å². The van der Waals surface area contributed by atoms with Crippen molar-refractivity contribution in [3.63, 3.8) is 0 Å². The number of amides is 1. The molecule has 0 bridgehead atoms.